The van der Waals surface area contributed by atoms with Crippen molar-refractivity contribution in [3.63, 3.8) is 0 Å². The number of halogens is 3. The molecule has 2 nitrogen and oxygen atoms in total. The number of amides is 1. The van der Waals surface area contributed by atoms with Crippen molar-refractivity contribution in [2.75, 3.05) is 5.32 Å². The highest BCUT2D eigenvalue weighted by Gasteiger charge is 2.30. The van der Waals surface area contributed by atoms with Gasteiger partial charge in [-0.3, -0.25) is 4.79 Å². The molecular weight excluding hydrogens is 267 g/mol. The summed E-state index contributed by atoms with van der Waals surface area (Å²) in [4.78, 5) is 12.0. The average Bonchev–Trinajstić information content (AvgIpc) is 2.39. The van der Waals surface area contributed by atoms with E-state index in [-0.39, 0.29) is 17.5 Å². The minimum atomic E-state index is -4.40. The van der Waals surface area contributed by atoms with E-state index in [4.69, 9.17) is 0 Å². The molecule has 1 amide bonds. The fourth-order valence-corrected chi connectivity index (χ4v) is 1.99. The maximum absolute atomic E-state index is 12.6. The number of anilines is 1. The van der Waals surface area contributed by atoms with Crippen LogP contribution in [-0.4, -0.2) is 5.91 Å². The van der Waals surface area contributed by atoms with Gasteiger partial charge in [0.2, 0.25) is 5.91 Å². The first-order valence-corrected chi connectivity index (χ1v) is 6.86. The van der Waals surface area contributed by atoms with Gasteiger partial charge in [0.15, 0.2) is 0 Å². The Morgan fingerprint density at radius 2 is 2.00 bits per heavy atom. The minimum absolute atomic E-state index is 0.149. The highest BCUT2D eigenvalue weighted by molar-refractivity contribution is 5.92. The molecular formula is C15H20F3NO. The van der Waals surface area contributed by atoms with Crippen LogP contribution < -0.4 is 5.32 Å². The van der Waals surface area contributed by atoms with Crippen molar-refractivity contribution < 1.29 is 18.0 Å². The molecule has 0 fully saturated rings. The van der Waals surface area contributed by atoms with Crippen molar-refractivity contribution in [2.45, 2.75) is 45.7 Å². The van der Waals surface area contributed by atoms with Gasteiger partial charge in [-0.05, 0) is 31.0 Å². The van der Waals surface area contributed by atoms with Gasteiger partial charge in [0.1, 0.15) is 0 Å². The Hall–Kier alpha value is -1.52. The van der Waals surface area contributed by atoms with E-state index in [9.17, 15) is 18.0 Å². The monoisotopic (exact) mass is 287 g/mol. The molecule has 0 aliphatic rings. The fraction of sp³-hybridized carbons (Fsp3) is 0.533. The Kier molecular flexibility index (Phi) is 6.05. The molecule has 1 aromatic carbocycles. The van der Waals surface area contributed by atoms with Crippen LogP contribution in [0.5, 0.6) is 0 Å². The molecule has 1 unspecified atom stereocenters. The maximum atomic E-state index is 12.6. The summed E-state index contributed by atoms with van der Waals surface area (Å²) >= 11 is 0. The lowest BCUT2D eigenvalue weighted by molar-refractivity contribution is -0.137. The molecule has 112 valence electrons. The Balaban J connectivity index is 2.74. The molecule has 0 saturated carbocycles. The Morgan fingerprint density at radius 3 is 2.55 bits per heavy atom. The molecule has 0 saturated heterocycles. The van der Waals surface area contributed by atoms with Gasteiger partial charge in [0.25, 0.3) is 0 Å². The van der Waals surface area contributed by atoms with Crippen LogP contribution in [0.3, 0.4) is 0 Å². The summed E-state index contributed by atoms with van der Waals surface area (Å²) in [5, 5.41) is 2.58. The van der Waals surface area contributed by atoms with E-state index in [1.54, 1.807) is 0 Å². The molecule has 0 bridgehead atoms. The molecule has 1 rings (SSSR count). The van der Waals surface area contributed by atoms with Crippen molar-refractivity contribution in [3.8, 4) is 0 Å². The van der Waals surface area contributed by atoms with Crippen LogP contribution in [0.4, 0.5) is 18.9 Å². The SMILES string of the molecule is CCCCC(CC)C(=O)Nc1cccc(C(F)(F)F)c1. The summed E-state index contributed by atoms with van der Waals surface area (Å²) in [6.45, 7) is 3.95. The molecule has 0 radical (unpaired) electrons. The standard InChI is InChI=1S/C15H20F3NO/c1-3-5-7-11(4-2)14(20)19-13-9-6-8-12(10-13)15(16,17)18/h6,8-11H,3-5,7H2,1-2H3,(H,19,20). The molecule has 0 aromatic heterocycles. The molecule has 1 N–H and O–H groups in total. The van der Waals surface area contributed by atoms with E-state index < -0.39 is 11.7 Å². The predicted molar refractivity (Wildman–Crippen MR) is 73.4 cm³/mol. The van der Waals surface area contributed by atoms with E-state index in [2.05, 4.69) is 5.32 Å². The lowest BCUT2D eigenvalue weighted by Gasteiger charge is -2.15. The number of alkyl halides is 3. The molecule has 20 heavy (non-hydrogen) atoms. The zero-order chi connectivity index (χ0) is 15.2. The second-order valence-corrected chi connectivity index (χ2v) is 4.82. The van der Waals surface area contributed by atoms with Gasteiger partial charge in [-0.15, -0.1) is 0 Å². The first-order chi connectivity index (χ1) is 9.38. The Morgan fingerprint density at radius 1 is 1.30 bits per heavy atom. The summed E-state index contributed by atoms with van der Waals surface area (Å²) in [6.07, 6.45) is -1.02. The van der Waals surface area contributed by atoms with Crippen LogP contribution in [-0.2, 0) is 11.0 Å². The van der Waals surface area contributed by atoms with Crippen molar-refractivity contribution in [1.82, 2.24) is 0 Å². The quantitative estimate of drug-likeness (QED) is 0.795. The first-order valence-electron chi connectivity index (χ1n) is 6.86. The number of nitrogens with one attached hydrogen (secondary N) is 1. The molecule has 1 aromatic rings. The van der Waals surface area contributed by atoms with Gasteiger partial charge in [0, 0.05) is 11.6 Å². The number of hydrogen-bond acceptors (Lipinski definition) is 1. The second-order valence-electron chi connectivity index (χ2n) is 4.82. The van der Waals surface area contributed by atoms with Gasteiger partial charge in [0.05, 0.1) is 5.56 Å². The molecule has 0 heterocycles. The third kappa shape index (κ3) is 4.87. The van der Waals surface area contributed by atoms with E-state index in [0.717, 1.165) is 31.4 Å². The zero-order valence-corrected chi connectivity index (χ0v) is 11.8. The molecule has 0 aliphatic heterocycles. The molecule has 1 atom stereocenters. The summed E-state index contributed by atoms with van der Waals surface area (Å²) in [6, 6.07) is 4.72. The average molecular weight is 287 g/mol. The lowest BCUT2D eigenvalue weighted by atomic mass is 9.98. The summed E-state index contributed by atoms with van der Waals surface area (Å²) < 4.78 is 37.8. The third-order valence-electron chi connectivity index (χ3n) is 3.23. The Bertz CT molecular complexity index is 443. The molecule has 5 heteroatoms. The zero-order valence-electron chi connectivity index (χ0n) is 11.8. The van der Waals surface area contributed by atoms with Gasteiger partial charge < -0.3 is 5.32 Å². The topological polar surface area (TPSA) is 29.1 Å². The van der Waals surface area contributed by atoms with Crippen molar-refractivity contribution >= 4 is 11.6 Å². The van der Waals surface area contributed by atoms with Crippen LogP contribution in [0.1, 0.15) is 45.1 Å². The largest absolute Gasteiger partial charge is 0.416 e. The number of hydrogen-bond donors (Lipinski definition) is 1. The van der Waals surface area contributed by atoms with Gasteiger partial charge in [-0.2, -0.15) is 13.2 Å². The van der Waals surface area contributed by atoms with Crippen LogP contribution in [0.2, 0.25) is 0 Å². The summed E-state index contributed by atoms with van der Waals surface area (Å²) in [5.41, 5.74) is -0.559. The number of rotatable bonds is 6. The smallest absolute Gasteiger partial charge is 0.326 e. The van der Waals surface area contributed by atoms with Crippen LogP contribution >= 0.6 is 0 Å². The molecule has 0 aliphatic carbocycles. The first kappa shape index (κ1) is 16.5. The highest BCUT2D eigenvalue weighted by atomic mass is 19.4. The number of unbranched alkanes of at least 4 members (excludes halogenated alkanes) is 1. The normalized spacial score (nSPS) is 13.1. The van der Waals surface area contributed by atoms with E-state index in [1.807, 2.05) is 13.8 Å². The van der Waals surface area contributed by atoms with Gasteiger partial charge in [-0.1, -0.05) is 32.8 Å². The van der Waals surface area contributed by atoms with E-state index in [0.29, 0.717) is 6.42 Å². The third-order valence-corrected chi connectivity index (χ3v) is 3.23. The maximum Gasteiger partial charge on any atom is 0.416 e. The van der Waals surface area contributed by atoms with Gasteiger partial charge >= 0.3 is 6.18 Å². The predicted octanol–water partition coefficient (Wildman–Crippen LogP) is 4.86. The number of carbonyl (C=O) groups excluding carboxylic acids is 1. The van der Waals surface area contributed by atoms with Gasteiger partial charge in [-0.25, -0.2) is 0 Å². The van der Waals surface area contributed by atoms with E-state index in [1.165, 1.54) is 12.1 Å². The lowest BCUT2D eigenvalue weighted by Crippen LogP contribution is -2.22. The highest BCUT2D eigenvalue weighted by Crippen LogP contribution is 2.30. The number of benzene rings is 1. The van der Waals surface area contributed by atoms with Crippen molar-refractivity contribution in [1.29, 1.82) is 0 Å². The van der Waals surface area contributed by atoms with Crippen molar-refractivity contribution in [3.05, 3.63) is 29.8 Å². The summed E-state index contributed by atoms with van der Waals surface area (Å²) in [7, 11) is 0. The summed E-state index contributed by atoms with van der Waals surface area (Å²) in [5.74, 6) is -0.357. The number of carbonyl (C=O) groups is 1. The van der Waals surface area contributed by atoms with Crippen LogP contribution in [0, 0.1) is 5.92 Å². The minimum Gasteiger partial charge on any atom is -0.326 e. The van der Waals surface area contributed by atoms with Crippen molar-refractivity contribution in [2.24, 2.45) is 5.92 Å². The molecule has 0 spiro atoms. The van der Waals surface area contributed by atoms with Crippen LogP contribution in [0.15, 0.2) is 24.3 Å². The second kappa shape index (κ2) is 7.31. The fourth-order valence-electron chi connectivity index (χ4n) is 1.99. The Labute approximate surface area is 117 Å². The van der Waals surface area contributed by atoms with E-state index >= 15 is 0 Å². The van der Waals surface area contributed by atoms with Crippen LogP contribution in [0.25, 0.3) is 0 Å².